The molecule has 1 heterocycles. The molecule has 0 spiro atoms. The van der Waals surface area contributed by atoms with Gasteiger partial charge in [0.2, 0.25) is 5.91 Å². The predicted molar refractivity (Wildman–Crippen MR) is 71.7 cm³/mol. The maximum Gasteiger partial charge on any atom is 0.307 e. The topological polar surface area (TPSA) is 78.4 Å². The van der Waals surface area contributed by atoms with Gasteiger partial charge in [0.15, 0.2) is 0 Å². The van der Waals surface area contributed by atoms with E-state index in [2.05, 4.69) is 10.6 Å². The van der Waals surface area contributed by atoms with Crippen LogP contribution >= 0.6 is 0 Å². The molecule has 1 aliphatic heterocycles. The summed E-state index contributed by atoms with van der Waals surface area (Å²) in [4.78, 5) is 22.7. The number of hydrogen-bond acceptors (Lipinski definition) is 3. The lowest BCUT2D eigenvalue weighted by atomic mass is 9.73. The number of carbonyl (C=O) groups is 2. The van der Waals surface area contributed by atoms with E-state index in [0.29, 0.717) is 18.9 Å². The Hall–Kier alpha value is -1.10. The molecule has 1 saturated carbocycles. The molecule has 108 valence electrons. The third-order valence-electron chi connectivity index (χ3n) is 4.48. The minimum atomic E-state index is -0.832. The van der Waals surface area contributed by atoms with Crippen molar-refractivity contribution >= 4 is 11.9 Å². The third-order valence-corrected chi connectivity index (χ3v) is 4.48. The molecule has 0 aromatic heterocycles. The first-order valence-corrected chi connectivity index (χ1v) is 7.39. The highest BCUT2D eigenvalue weighted by molar-refractivity contribution is 5.86. The summed E-state index contributed by atoms with van der Waals surface area (Å²) in [7, 11) is 0. The molecule has 19 heavy (non-hydrogen) atoms. The number of carboxylic acid groups (broad SMARTS) is 1. The quantitative estimate of drug-likeness (QED) is 0.695. The molecule has 3 atom stereocenters. The minimum absolute atomic E-state index is 0.0644. The van der Waals surface area contributed by atoms with Crippen LogP contribution in [0.4, 0.5) is 0 Å². The zero-order valence-corrected chi connectivity index (χ0v) is 11.4. The first-order chi connectivity index (χ1) is 9.18. The van der Waals surface area contributed by atoms with Crippen LogP contribution in [0.1, 0.15) is 38.5 Å². The molecule has 5 heteroatoms. The molecule has 3 N–H and O–H groups in total. The van der Waals surface area contributed by atoms with Gasteiger partial charge in [-0.15, -0.1) is 0 Å². The summed E-state index contributed by atoms with van der Waals surface area (Å²) in [5.74, 6) is -0.964. The van der Waals surface area contributed by atoms with Crippen molar-refractivity contribution in [2.45, 2.75) is 38.5 Å². The van der Waals surface area contributed by atoms with Crippen molar-refractivity contribution in [3.8, 4) is 0 Å². The van der Waals surface area contributed by atoms with Crippen LogP contribution in [0.15, 0.2) is 0 Å². The van der Waals surface area contributed by atoms with E-state index in [9.17, 15) is 9.59 Å². The van der Waals surface area contributed by atoms with Crippen LogP contribution in [0.25, 0.3) is 0 Å². The van der Waals surface area contributed by atoms with Crippen LogP contribution in [-0.2, 0) is 9.59 Å². The number of carboxylic acids is 1. The van der Waals surface area contributed by atoms with Crippen LogP contribution in [0, 0.1) is 17.8 Å². The molecule has 2 fully saturated rings. The highest BCUT2D eigenvalue weighted by Gasteiger charge is 2.41. The third kappa shape index (κ3) is 3.93. The lowest BCUT2D eigenvalue weighted by molar-refractivity contribution is -0.152. The van der Waals surface area contributed by atoms with E-state index in [4.69, 9.17) is 5.11 Å². The molecular formula is C14H24N2O3. The van der Waals surface area contributed by atoms with Gasteiger partial charge in [0.1, 0.15) is 0 Å². The standard InChI is InChI=1S/C14H24N2O3/c17-13(11-3-4-12(11)14(18)19)16-9-6-10-2-1-7-15-8-5-10/h10-12,15H,1-9H2,(H,16,17)(H,18,19)/t10?,11-,12-/m1/s1. The normalized spacial score (nSPS) is 31.1. The lowest BCUT2D eigenvalue weighted by Gasteiger charge is -2.32. The first kappa shape index (κ1) is 14.3. The Morgan fingerprint density at radius 3 is 2.58 bits per heavy atom. The van der Waals surface area contributed by atoms with Gasteiger partial charge in [0.05, 0.1) is 11.8 Å². The second-order valence-corrected chi connectivity index (χ2v) is 5.76. The zero-order chi connectivity index (χ0) is 13.7. The van der Waals surface area contributed by atoms with Crippen LogP contribution in [0.5, 0.6) is 0 Å². The number of carbonyl (C=O) groups excluding carboxylic acids is 1. The van der Waals surface area contributed by atoms with Gasteiger partial charge in [-0.1, -0.05) is 0 Å². The van der Waals surface area contributed by atoms with E-state index in [1.54, 1.807) is 0 Å². The summed E-state index contributed by atoms with van der Waals surface area (Å²) in [6.07, 6.45) is 5.99. The lowest BCUT2D eigenvalue weighted by Crippen LogP contribution is -2.44. The molecule has 2 rings (SSSR count). The maximum atomic E-state index is 11.9. The number of nitrogens with one attached hydrogen (secondary N) is 2. The Morgan fingerprint density at radius 2 is 1.89 bits per heavy atom. The van der Waals surface area contributed by atoms with Gasteiger partial charge in [-0.3, -0.25) is 9.59 Å². The van der Waals surface area contributed by atoms with E-state index in [0.717, 1.165) is 25.9 Å². The average Bonchev–Trinajstić information content (AvgIpc) is 2.55. The molecule has 0 bridgehead atoms. The summed E-state index contributed by atoms with van der Waals surface area (Å²) >= 11 is 0. The van der Waals surface area contributed by atoms with Crippen molar-refractivity contribution < 1.29 is 14.7 Å². The van der Waals surface area contributed by atoms with E-state index in [-0.39, 0.29) is 11.8 Å². The van der Waals surface area contributed by atoms with Gasteiger partial charge in [0, 0.05) is 6.54 Å². The van der Waals surface area contributed by atoms with Gasteiger partial charge in [-0.25, -0.2) is 0 Å². The Morgan fingerprint density at radius 1 is 1.11 bits per heavy atom. The SMILES string of the molecule is O=C(O)[C@@H]1CC[C@H]1C(=O)NCCC1CCCNCC1. The summed E-state index contributed by atoms with van der Waals surface area (Å²) in [5.41, 5.74) is 0. The molecule has 1 aliphatic carbocycles. The minimum Gasteiger partial charge on any atom is -0.481 e. The van der Waals surface area contributed by atoms with E-state index in [1.165, 1.54) is 19.3 Å². The van der Waals surface area contributed by atoms with Crippen molar-refractivity contribution in [3.05, 3.63) is 0 Å². The maximum absolute atomic E-state index is 11.9. The largest absolute Gasteiger partial charge is 0.481 e. The summed E-state index contributed by atoms with van der Waals surface area (Å²) in [5, 5.41) is 15.2. The summed E-state index contributed by atoms with van der Waals surface area (Å²) in [6, 6.07) is 0. The zero-order valence-electron chi connectivity index (χ0n) is 11.4. The molecule has 0 radical (unpaired) electrons. The number of amides is 1. The van der Waals surface area contributed by atoms with Gasteiger partial charge in [-0.2, -0.15) is 0 Å². The summed E-state index contributed by atoms with van der Waals surface area (Å²) in [6.45, 7) is 2.86. The predicted octanol–water partition coefficient (Wildman–Crippen LogP) is 0.993. The number of aliphatic carboxylic acids is 1. The molecule has 0 aromatic carbocycles. The van der Waals surface area contributed by atoms with Crippen LogP contribution in [0.3, 0.4) is 0 Å². The fourth-order valence-corrected chi connectivity index (χ4v) is 3.02. The van der Waals surface area contributed by atoms with Gasteiger partial charge < -0.3 is 15.7 Å². The van der Waals surface area contributed by atoms with E-state index in [1.807, 2.05) is 0 Å². The molecule has 1 saturated heterocycles. The molecule has 1 unspecified atom stereocenters. The molecule has 5 nitrogen and oxygen atoms in total. The fourth-order valence-electron chi connectivity index (χ4n) is 3.02. The van der Waals surface area contributed by atoms with Crippen LogP contribution in [0.2, 0.25) is 0 Å². The van der Waals surface area contributed by atoms with Crippen molar-refractivity contribution in [2.75, 3.05) is 19.6 Å². The van der Waals surface area contributed by atoms with Crippen molar-refractivity contribution in [3.63, 3.8) is 0 Å². The van der Waals surface area contributed by atoms with E-state index >= 15 is 0 Å². The highest BCUT2D eigenvalue weighted by Crippen LogP contribution is 2.34. The van der Waals surface area contributed by atoms with Gasteiger partial charge >= 0.3 is 5.97 Å². The molecular weight excluding hydrogens is 244 g/mol. The fraction of sp³-hybridized carbons (Fsp3) is 0.857. The average molecular weight is 268 g/mol. The van der Waals surface area contributed by atoms with Gasteiger partial charge in [0.25, 0.3) is 0 Å². The molecule has 1 amide bonds. The number of hydrogen-bond donors (Lipinski definition) is 3. The van der Waals surface area contributed by atoms with Crippen LogP contribution < -0.4 is 10.6 Å². The molecule has 0 aromatic rings. The Balaban J connectivity index is 1.65. The van der Waals surface area contributed by atoms with Crippen LogP contribution in [-0.4, -0.2) is 36.6 Å². The second-order valence-electron chi connectivity index (χ2n) is 5.76. The van der Waals surface area contributed by atoms with Crippen molar-refractivity contribution in [2.24, 2.45) is 17.8 Å². The van der Waals surface area contributed by atoms with E-state index < -0.39 is 11.9 Å². The summed E-state index contributed by atoms with van der Waals surface area (Å²) < 4.78 is 0. The Labute approximate surface area is 114 Å². The Bertz CT molecular complexity index is 325. The molecule has 2 aliphatic rings. The first-order valence-electron chi connectivity index (χ1n) is 7.39. The highest BCUT2D eigenvalue weighted by atomic mass is 16.4. The van der Waals surface area contributed by atoms with Crippen molar-refractivity contribution in [1.29, 1.82) is 0 Å². The second kappa shape index (κ2) is 6.89. The monoisotopic (exact) mass is 268 g/mol. The van der Waals surface area contributed by atoms with Crippen molar-refractivity contribution in [1.82, 2.24) is 10.6 Å². The van der Waals surface area contributed by atoms with Gasteiger partial charge in [-0.05, 0) is 57.5 Å². The number of rotatable bonds is 5. The Kier molecular flexibility index (Phi) is 5.19. The smallest absolute Gasteiger partial charge is 0.307 e.